The predicted molar refractivity (Wildman–Crippen MR) is 141 cm³/mol. The number of alkyl halides is 3. The fourth-order valence-corrected chi connectivity index (χ4v) is 4.68. The molecule has 1 atom stereocenters. The maximum absolute atomic E-state index is 12.6. The lowest BCUT2D eigenvalue weighted by Crippen LogP contribution is -2.56. The Morgan fingerprint density at radius 1 is 1.12 bits per heavy atom. The summed E-state index contributed by atoms with van der Waals surface area (Å²) in [7, 11) is 0. The van der Waals surface area contributed by atoms with Crippen molar-refractivity contribution in [3.63, 3.8) is 0 Å². The minimum absolute atomic E-state index is 0.405. The fourth-order valence-electron chi connectivity index (χ4n) is 3.61. The number of nitrogens with one attached hydrogen (secondary N) is 1. The second kappa shape index (κ2) is 10.0. The Morgan fingerprint density at radius 3 is 2.61 bits per heavy atom. The Labute approximate surface area is 216 Å². The molecule has 3 aromatic rings. The molecule has 0 bridgehead atoms. The van der Waals surface area contributed by atoms with Gasteiger partial charge in [-0.15, -0.1) is 0 Å². The quantitative estimate of drug-likeness (QED) is 0.251. The molecule has 4 rings (SSSR count). The van der Waals surface area contributed by atoms with E-state index in [0.29, 0.717) is 23.2 Å². The van der Waals surface area contributed by atoms with E-state index in [9.17, 15) is 4.79 Å². The molecule has 10 heteroatoms. The number of amides is 1. The number of halogens is 4. The highest BCUT2D eigenvalue weighted by molar-refractivity contribution is 7.80. The summed E-state index contributed by atoms with van der Waals surface area (Å²) in [5.41, 5.74) is 2.45. The molecule has 1 saturated heterocycles. The van der Waals surface area contributed by atoms with Gasteiger partial charge in [-0.25, -0.2) is 0 Å². The van der Waals surface area contributed by atoms with Gasteiger partial charge >= 0.3 is 0 Å². The number of aromatic nitrogens is 1. The van der Waals surface area contributed by atoms with Gasteiger partial charge in [-0.2, -0.15) is 0 Å². The molecule has 1 aromatic heterocycles. The first-order valence-electron chi connectivity index (χ1n) is 9.97. The first-order valence-corrected chi connectivity index (χ1v) is 11.9. The molecule has 0 spiro atoms. The number of thiocarbonyl (C=S) groups is 1. The van der Waals surface area contributed by atoms with Gasteiger partial charge in [-0.1, -0.05) is 88.9 Å². The maximum atomic E-state index is 12.6. The van der Waals surface area contributed by atoms with E-state index in [2.05, 4.69) is 10.3 Å². The monoisotopic (exact) mass is 538 g/mol. The van der Waals surface area contributed by atoms with Crippen molar-refractivity contribution in [3.8, 4) is 0 Å². The molecule has 1 aliphatic rings. The van der Waals surface area contributed by atoms with Crippen LogP contribution in [-0.2, 0) is 4.79 Å². The number of hydrogen-bond acceptors (Lipinski definition) is 3. The van der Waals surface area contributed by atoms with E-state index in [4.69, 9.17) is 58.6 Å². The predicted octanol–water partition coefficient (Wildman–Crippen LogP) is 5.82. The summed E-state index contributed by atoms with van der Waals surface area (Å²) in [6.45, 7) is 0.985. The number of nitrogens with zero attached hydrogens (tertiary/aromatic N) is 3. The Hall–Kier alpha value is -2.09. The number of carbonyl (C=O) groups excluding carboxylic acids is 1. The van der Waals surface area contributed by atoms with Crippen LogP contribution in [0, 0.1) is 0 Å². The SMILES string of the molecule is O=C(/C=C/c1ccccc1)NC(N1CCN(c2cccc3cc(Cl)cnc23)C1=S)C(Cl)(Cl)Cl. The van der Waals surface area contributed by atoms with E-state index in [1.165, 1.54) is 6.08 Å². The average Bonchev–Trinajstić information content (AvgIpc) is 3.16. The number of rotatable bonds is 5. The Balaban J connectivity index is 1.56. The molecule has 0 radical (unpaired) electrons. The molecule has 2 heterocycles. The molecule has 1 unspecified atom stereocenters. The van der Waals surface area contributed by atoms with Crippen molar-refractivity contribution in [3.05, 3.63) is 77.5 Å². The summed E-state index contributed by atoms with van der Waals surface area (Å²) in [5.74, 6) is -0.405. The van der Waals surface area contributed by atoms with Gasteiger partial charge in [0.1, 0.15) is 0 Å². The molecule has 1 aliphatic heterocycles. The summed E-state index contributed by atoms with van der Waals surface area (Å²) in [4.78, 5) is 20.7. The van der Waals surface area contributed by atoms with Crippen molar-refractivity contribution in [2.75, 3.05) is 18.0 Å². The highest BCUT2D eigenvalue weighted by atomic mass is 35.6. The summed E-state index contributed by atoms with van der Waals surface area (Å²) in [5, 5.41) is 4.63. The van der Waals surface area contributed by atoms with E-state index in [-0.39, 0.29) is 0 Å². The number of pyridine rings is 1. The van der Waals surface area contributed by atoms with Crippen molar-refractivity contribution in [1.29, 1.82) is 0 Å². The normalized spacial score (nSPS) is 15.5. The zero-order valence-corrected chi connectivity index (χ0v) is 20.9. The third kappa shape index (κ3) is 5.53. The lowest BCUT2D eigenvalue weighted by atomic mass is 10.2. The standard InChI is InChI=1S/C23H18Cl4N4OS/c24-17-13-16-7-4-8-18(20(16)28-14-17)30-11-12-31(22(30)33)21(23(25,26)27)29-19(32)10-9-15-5-2-1-3-6-15/h1-10,13-14,21H,11-12H2,(H,29,32)/b10-9+. The second-order valence-electron chi connectivity index (χ2n) is 7.33. The minimum atomic E-state index is -1.82. The van der Waals surface area contributed by atoms with Crippen LogP contribution < -0.4 is 10.2 Å². The topological polar surface area (TPSA) is 48.5 Å². The van der Waals surface area contributed by atoms with Crippen LogP contribution in [0.5, 0.6) is 0 Å². The van der Waals surface area contributed by atoms with Crippen molar-refractivity contribution in [1.82, 2.24) is 15.2 Å². The Bertz CT molecular complexity index is 1220. The molecule has 5 nitrogen and oxygen atoms in total. The first kappa shape index (κ1) is 24.0. The number of carbonyl (C=O) groups is 1. The van der Waals surface area contributed by atoms with E-state index in [0.717, 1.165) is 22.2 Å². The summed E-state index contributed by atoms with van der Waals surface area (Å²) in [6.07, 6.45) is 3.71. The van der Waals surface area contributed by atoms with E-state index in [1.54, 1.807) is 17.2 Å². The Kier molecular flexibility index (Phi) is 7.31. The van der Waals surface area contributed by atoms with Crippen molar-refractivity contribution in [2.24, 2.45) is 0 Å². The molecule has 1 amide bonds. The van der Waals surface area contributed by atoms with Crippen LogP contribution in [0.15, 0.2) is 66.9 Å². The molecule has 2 aromatic carbocycles. The molecular formula is C23H18Cl4N4OS. The van der Waals surface area contributed by atoms with Crippen LogP contribution in [0.4, 0.5) is 5.69 Å². The summed E-state index contributed by atoms with van der Waals surface area (Å²) < 4.78 is -1.82. The fraction of sp³-hybridized carbons (Fsp3) is 0.174. The van der Waals surface area contributed by atoms with Gasteiger partial charge in [0, 0.05) is 30.7 Å². The number of anilines is 1. The Morgan fingerprint density at radius 2 is 1.88 bits per heavy atom. The highest BCUT2D eigenvalue weighted by Gasteiger charge is 2.43. The van der Waals surface area contributed by atoms with Crippen LogP contribution >= 0.6 is 58.6 Å². The lowest BCUT2D eigenvalue weighted by molar-refractivity contribution is -0.117. The number of benzene rings is 2. The third-order valence-electron chi connectivity index (χ3n) is 5.12. The minimum Gasteiger partial charge on any atom is -0.328 e. The molecule has 170 valence electrons. The lowest BCUT2D eigenvalue weighted by Gasteiger charge is -2.34. The van der Waals surface area contributed by atoms with Crippen molar-refractivity contribution < 1.29 is 4.79 Å². The molecule has 0 saturated carbocycles. The van der Waals surface area contributed by atoms with Crippen molar-refractivity contribution in [2.45, 2.75) is 9.96 Å². The van der Waals surface area contributed by atoms with Gasteiger partial charge in [0.25, 0.3) is 0 Å². The van der Waals surface area contributed by atoms with Gasteiger partial charge in [0.05, 0.1) is 16.2 Å². The maximum Gasteiger partial charge on any atom is 0.245 e. The molecule has 1 fully saturated rings. The smallest absolute Gasteiger partial charge is 0.245 e. The largest absolute Gasteiger partial charge is 0.328 e. The molecule has 1 N–H and O–H groups in total. The average molecular weight is 540 g/mol. The summed E-state index contributed by atoms with van der Waals surface area (Å²) in [6, 6.07) is 17.0. The van der Waals surface area contributed by atoms with E-state index < -0.39 is 15.9 Å². The zero-order valence-electron chi connectivity index (χ0n) is 17.1. The van der Waals surface area contributed by atoms with E-state index >= 15 is 0 Å². The molecule has 33 heavy (non-hydrogen) atoms. The van der Waals surface area contributed by atoms with E-state index in [1.807, 2.05) is 59.5 Å². The molecular weight excluding hydrogens is 522 g/mol. The second-order valence-corrected chi connectivity index (χ2v) is 10.5. The van der Waals surface area contributed by atoms with Crippen LogP contribution in [0.2, 0.25) is 5.02 Å². The number of hydrogen-bond donors (Lipinski definition) is 1. The summed E-state index contributed by atoms with van der Waals surface area (Å²) >= 11 is 30.6. The van der Waals surface area contributed by atoms with Gasteiger partial charge in [0.2, 0.25) is 9.70 Å². The third-order valence-corrected chi connectivity index (χ3v) is 6.40. The zero-order chi connectivity index (χ0) is 23.6. The van der Waals surface area contributed by atoms with Gasteiger partial charge in [-0.05, 0) is 36.0 Å². The van der Waals surface area contributed by atoms with Crippen LogP contribution in [-0.4, -0.2) is 44.0 Å². The van der Waals surface area contributed by atoms with Crippen LogP contribution in [0.3, 0.4) is 0 Å². The first-order chi connectivity index (χ1) is 15.7. The van der Waals surface area contributed by atoms with Crippen LogP contribution in [0.25, 0.3) is 17.0 Å². The van der Waals surface area contributed by atoms with Gasteiger partial charge in [0.15, 0.2) is 11.3 Å². The molecule has 0 aliphatic carbocycles. The van der Waals surface area contributed by atoms with Gasteiger partial charge < -0.3 is 15.1 Å². The highest BCUT2D eigenvalue weighted by Crippen LogP contribution is 2.36. The number of fused-ring (bicyclic) bond motifs is 1. The van der Waals surface area contributed by atoms with Crippen LogP contribution in [0.1, 0.15) is 5.56 Å². The van der Waals surface area contributed by atoms with Crippen molar-refractivity contribution >= 4 is 92.3 Å². The van der Waals surface area contributed by atoms with Gasteiger partial charge in [-0.3, -0.25) is 9.78 Å². The number of para-hydroxylation sites is 1.